The van der Waals surface area contributed by atoms with Gasteiger partial charge in [-0.15, -0.1) is 0 Å². The van der Waals surface area contributed by atoms with Crippen LogP contribution in [-0.2, 0) is 9.59 Å². The van der Waals surface area contributed by atoms with Gasteiger partial charge in [0.15, 0.2) is 0 Å². The average Bonchev–Trinajstić information content (AvgIpc) is 2.42. The molecule has 0 radical (unpaired) electrons. The first kappa shape index (κ1) is 14.5. The van der Waals surface area contributed by atoms with Crippen molar-refractivity contribution in [2.24, 2.45) is 0 Å². The van der Waals surface area contributed by atoms with Crippen molar-refractivity contribution >= 4 is 17.8 Å². The molecule has 5 heteroatoms. The zero-order valence-electron chi connectivity index (χ0n) is 10.6. The summed E-state index contributed by atoms with van der Waals surface area (Å²) in [6, 6.07) is 5.28. The first-order valence-corrected chi connectivity index (χ1v) is 5.42. The minimum absolute atomic E-state index is 0.648. The van der Waals surface area contributed by atoms with Crippen molar-refractivity contribution in [3.8, 4) is 11.5 Å². The van der Waals surface area contributed by atoms with Gasteiger partial charge in [-0.25, -0.2) is 4.79 Å². The van der Waals surface area contributed by atoms with Crippen LogP contribution >= 0.6 is 0 Å². The lowest BCUT2D eigenvalue weighted by atomic mass is 10.1. The lowest BCUT2D eigenvalue weighted by Gasteiger charge is -2.06. The number of benzene rings is 1. The molecule has 0 saturated heterocycles. The number of carboxylic acid groups (broad SMARTS) is 1. The van der Waals surface area contributed by atoms with Gasteiger partial charge in [0.1, 0.15) is 11.5 Å². The zero-order chi connectivity index (χ0) is 14.3. The number of ether oxygens (including phenoxy) is 2. The van der Waals surface area contributed by atoms with Gasteiger partial charge >= 0.3 is 5.97 Å². The monoisotopic (exact) mass is 262 g/mol. The molecule has 1 aromatic carbocycles. The minimum Gasteiger partial charge on any atom is -0.497 e. The molecule has 1 N–H and O–H groups in total. The summed E-state index contributed by atoms with van der Waals surface area (Å²) in [5, 5.41) is 8.39. The maximum absolute atomic E-state index is 10.8. The number of carboxylic acids is 1. The van der Waals surface area contributed by atoms with Crippen molar-refractivity contribution < 1.29 is 24.2 Å². The predicted molar refractivity (Wildman–Crippen MR) is 70.4 cm³/mol. The van der Waals surface area contributed by atoms with E-state index in [4.69, 9.17) is 14.6 Å². The molecule has 0 unspecified atom stereocenters. The van der Waals surface area contributed by atoms with Gasteiger partial charge < -0.3 is 14.6 Å². The van der Waals surface area contributed by atoms with Gasteiger partial charge in [-0.1, -0.05) is 18.2 Å². The minimum atomic E-state index is -1.48. The number of carbonyl (C=O) groups is 2. The summed E-state index contributed by atoms with van der Waals surface area (Å²) in [5.74, 6) is -1.13. The van der Waals surface area contributed by atoms with Gasteiger partial charge in [-0.2, -0.15) is 0 Å². The van der Waals surface area contributed by atoms with E-state index in [1.165, 1.54) is 6.08 Å². The third-order valence-corrected chi connectivity index (χ3v) is 2.28. The van der Waals surface area contributed by atoms with E-state index >= 15 is 0 Å². The Morgan fingerprint density at radius 1 is 1.16 bits per heavy atom. The largest absolute Gasteiger partial charge is 0.497 e. The second-order valence-corrected chi connectivity index (χ2v) is 3.50. The number of aliphatic carboxylic acids is 1. The second-order valence-electron chi connectivity index (χ2n) is 3.50. The summed E-state index contributed by atoms with van der Waals surface area (Å²) in [7, 11) is 3.10. The molecule has 0 heterocycles. The summed E-state index contributed by atoms with van der Waals surface area (Å²) >= 11 is 0. The van der Waals surface area contributed by atoms with Crippen LogP contribution in [0.4, 0.5) is 0 Å². The fourth-order valence-electron chi connectivity index (χ4n) is 1.34. The van der Waals surface area contributed by atoms with Crippen molar-refractivity contribution in [2.45, 2.75) is 0 Å². The molecule has 1 rings (SSSR count). The van der Waals surface area contributed by atoms with E-state index in [0.29, 0.717) is 11.5 Å². The van der Waals surface area contributed by atoms with Crippen LogP contribution in [0.2, 0.25) is 0 Å². The third kappa shape index (κ3) is 4.31. The maximum Gasteiger partial charge on any atom is 0.376 e. The van der Waals surface area contributed by atoms with Crippen molar-refractivity contribution in [2.75, 3.05) is 14.2 Å². The van der Waals surface area contributed by atoms with Crippen LogP contribution in [0.5, 0.6) is 11.5 Å². The summed E-state index contributed by atoms with van der Waals surface area (Å²) in [4.78, 5) is 21.1. The topological polar surface area (TPSA) is 72.8 Å². The van der Waals surface area contributed by atoms with E-state index in [-0.39, 0.29) is 0 Å². The molecular formula is C14H14O5. The lowest BCUT2D eigenvalue weighted by Crippen LogP contribution is -2.08. The Morgan fingerprint density at radius 2 is 1.89 bits per heavy atom. The molecule has 19 heavy (non-hydrogen) atoms. The standard InChI is InChI=1S/C14H14O5/c1-18-11-7-8-13(19-2)10(9-11)5-3-4-6-12(15)14(16)17/h3-9H,1-2H3,(H,16,17). The number of hydrogen-bond donors (Lipinski definition) is 1. The van der Waals surface area contributed by atoms with Crippen LogP contribution in [0, 0.1) is 0 Å². The fourth-order valence-corrected chi connectivity index (χ4v) is 1.34. The molecular weight excluding hydrogens is 248 g/mol. The van der Waals surface area contributed by atoms with Crippen LogP contribution in [-0.4, -0.2) is 31.1 Å². The SMILES string of the molecule is COc1ccc(OC)c(C=CC=CC(=O)C(=O)O)c1. The Kier molecular flexibility index (Phi) is 5.35. The Balaban J connectivity index is 2.86. The maximum atomic E-state index is 10.8. The molecule has 0 aliphatic rings. The molecule has 0 amide bonds. The Labute approximate surface area is 110 Å². The van der Waals surface area contributed by atoms with Crippen molar-refractivity contribution in [1.82, 2.24) is 0 Å². The molecule has 0 fully saturated rings. The van der Waals surface area contributed by atoms with Gasteiger partial charge in [0.05, 0.1) is 14.2 Å². The highest BCUT2D eigenvalue weighted by atomic mass is 16.5. The predicted octanol–water partition coefficient (Wildman–Crippen LogP) is 1.93. The van der Waals surface area contributed by atoms with E-state index < -0.39 is 11.8 Å². The first-order chi connectivity index (χ1) is 9.08. The summed E-state index contributed by atoms with van der Waals surface area (Å²) in [6.45, 7) is 0. The van der Waals surface area contributed by atoms with E-state index in [1.807, 2.05) is 0 Å². The summed E-state index contributed by atoms with van der Waals surface area (Å²) in [6.07, 6.45) is 5.58. The Hall–Kier alpha value is -2.56. The lowest BCUT2D eigenvalue weighted by molar-refractivity contribution is -0.146. The van der Waals surface area contributed by atoms with Gasteiger partial charge in [-0.3, -0.25) is 4.79 Å². The molecule has 0 aromatic heterocycles. The molecule has 100 valence electrons. The number of carbonyl (C=O) groups excluding carboxylic acids is 1. The second kappa shape index (κ2) is 7.00. The normalized spacial score (nSPS) is 10.8. The number of rotatable bonds is 6. The highest BCUT2D eigenvalue weighted by Crippen LogP contribution is 2.24. The molecule has 0 atom stereocenters. The molecule has 1 aromatic rings. The molecule has 0 bridgehead atoms. The Bertz CT molecular complexity index is 529. The average molecular weight is 262 g/mol. The highest BCUT2D eigenvalue weighted by molar-refractivity contribution is 6.37. The van der Waals surface area contributed by atoms with Gasteiger partial charge in [0.25, 0.3) is 5.78 Å². The number of ketones is 1. The number of allylic oxidation sites excluding steroid dienone is 2. The van der Waals surface area contributed by atoms with Crippen LogP contribution in [0.1, 0.15) is 5.56 Å². The molecule has 0 spiro atoms. The van der Waals surface area contributed by atoms with Crippen molar-refractivity contribution in [3.63, 3.8) is 0 Å². The van der Waals surface area contributed by atoms with E-state index in [2.05, 4.69) is 0 Å². The van der Waals surface area contributed by atoms with Gasteiger partial charge in [0.2, 0.25) is 0 Å². The zero-order valence-corrected chi connectivity index (χ0v) is 10.6. The number of methoxy groups -OCH3 is 2. The van der Waals surface area contributed by atoms with Crippen LogP contribution < -0.4 is 9.47 Å². The van der Waals surface area contributed by atoms with Gasteiger partial charge in [0, 0.05) is 5.56 Å². The highest BCUT2D eigenvalue weighted by Gasteiger charge is 2.04. The van der Waals surface area contributed by atoms with E-state index in [1.54, 1.807) is 44.6 Å². The molecule has 5 nitrogen and oxygen atoms in total. The fraction of sp³-hybridized carbons (Fsp3) is 0.143. The third-order valence-electron chi connectivity index (χ3n) is 2.28. The van der Waals surface area contributed by atoms with Crippen LogP contribution in [0.15, 0.2) is 36.4 Å². The quantitative estimate of drug-likeness (QED) is 0.481. The molecule has 0 saturated carbocycles. The van der Waals surface area contributed by atoms with Crippen molar-refractivity contribution in [3.05, 3.63) is 42.0 Å². The van der Waals surface area contributed by atoms with Crippen molar-refractivity contribution in [1.29, 1.82) is 0 Å². The first-order valence-electron chi connectivity index (χ1n) is 5.42. The van der Waals surface area contributed by atoms with Crippen LogP contribution in [0.3, 0.4) is 0 Å². The molecule has 0 aliphatic carbocycles. The summed E-state index contributed by atoms with van der Waals surface area (Å²) in [5.41, 5.74) is 0.759. The van der Waals surface area contributed by atoms with E-state index in [0.717, 1.165) is 11.6 Å². The number of hydrogen-bond acceptors (Lipinski definition) is 4. The molecule has 0 aliphatic heterocycles. The smallest absolute Gasteiger partial charge is 0.376 e. The van der Waals surface area contributed by atoms with E-state index in [9.17, 15) is 9.59 Å². The van der Waals surface area contributed by atoms with Gasteiger partial charge in [-0.05, 0) is 24.3 Å². The Morgan fingerprint density at radius 3 is 2.47 bits per heavy atom. The van der Waals surface area contributed by atoms with Crippen LogP contribution in [0.25, 0.3) is 6.08 Å². The summed E-state index contributed by atoms with van der Waals surface area (Å²) < 4.78 is 10.3.